The maximum Gasteiger partial charge on any atom is 0.216 e. The third kappa shape index (κ3) is 9.98. The fourth-order valence-corrected chi connectivity index (χ4v) is 4.62. The van der Waals surface area contributed by atoms with Crippen LogP contribution in [0, 0.1) is 0 Å². The number of hydrogen-bond donors (Lipinski definition) is 3. The Balaban J connectivity index is 1.90. The van der Waals surface area contributed by atoms with Crippen LogP contribution in [0.2, 0.25) is 0 Å². The lowest BCUT2D eigenvalue weighted by Crippen LogP contribution is -2.42. The Hall–Kier alpha value is -2.38. The second-order valence-electron chi connectivity index (χ2n) is 8.11. The molecule has 0 aliphatic rings. The minimum absolute atomic E-state index is 0.0160. The summed E-state index contributed by atoms with van der Waals surface area (Å²) in [7, 11) is -3.32. The number of nitrogens with zero attached hydrogens (tertiary/aromatic N) is 1. The molecule has 1 atom stereocenters. The molecule has 2 aromatic carbocycles. The Morgan fingerprint density at radius 1 is 0.935 bits per heavy atom. The molecular weight excluding hydrogens is 408 g/mol. The topological polar surface area (TPSA) is 82.6 Å². The van der Waals surface area contributed by atoms with Crippen LogP contribution in [0.4, 0.5) is 0 Å². The summed E-state index contributed by atoms with van der Waals surface area (Å²) in [5.74, 6) is 0.772. The van der Waals surface area contributed by atoms with E-state index in [1.807, 2.05) is 51.1 Å². The summed E-state index contributed by atoms with van der Waals surface area (Å²) in [6.45, 7) is 9.16. The Labute approximate surface area is 187 Å². The molecule has 0 aromatic heterocycles. The first-order chi connectivity index (χ1) is 14.8. The highest BCUT2D eigenvalue weighted by atomic mass is 32.2. The molecule has 0 amide bonds. The van der Waals surface area contributed by atoms with Crippen molar-refractivity contribution in [1.82, 2.24) is 15.4 Å². The van der Waals surface area contributed by atoms with E-state index in [9.17, 15) is 8.42 Å². The van der Waals surface area contributed by atoms with Gasteiger partial charge in [0.1, 0.15) is 0 Å². The molecule has 2 rings (SSSR count). The summed E-state index contributed by atoms with van der Waals surface area (Å²) in [5.41, 5.74) is 3.14. The molecule has 0 saturated carbocycles. The largest absolute Gasteiger partial charge is 0.357 e. The first-order valence-corrected chi connectivity index (χ1v) is 12.6. The van der Waals surface area contributed by atoms with E-state index in [1.54, 1.807) is 0 Å². The van der Waals surface area contributed by atoms with Crippen molar-refractivity contribution in [3.05, 3.63) is 71.3 Å². The number of benzene rings is 2. The van der Waals surface area contributed by atoms with Crippen molar-refractivity contribution in [2.75, 3.05) is 6.54 Å². The molecule has 0 saturated heterocycles. The third-order valence-corrected chi connectivity index (χ3v) is 6.19. The zero-order valence-electron chi connectivity index (χ0n) is 19.1. The molecule has 0 aliphatic heterocycles. The lowest BCUT2D eigenvalue weighted by molar-refractivity contribution is 0.569. The zero-order valence-corrected chi connectivity index (χ0v) is 19.9. The van der Waals surface area contributed by atoms with Crippen LogP contribution >= 0.6 is 0 Å². The molecular formula is C24H36N4O2S. The molecule has 31 heavy (non-hydrogen) atoms. The smallest absolute Gasteiger partial charge is 0.216 e. The lowest BCUT2D eigenvalue weighted by Gasteiger charge is -2.18. The Morgan fingerprint density at radius 2 is 1.58 bits per heavy atom. The van der Waals surface area contributed by atoms with Gasteiger partial charge in [-0.1, -0.05) is 54.6 Å². The van der Waals surface area contributed by atoms with Gasteiger partial charge in [-0.25, -0.2) is 18.1 Å². The maximum absolute atomic E-state index is 12.1. The molecule has 170 valence electrons. The lowest BCUT2D eigenvalue weighted by atomic mass is 10.1. The normalized spacial score (nSPS) is 13.3. The number of nitrogens with one attached hydrogen (secondary N) is 3. The van der Waals surface area contributed by atoms with Gasteiger partial charge in [0.25, 0.3) is 0 Å². The molecule has 6 nitrogen and oxygen atoms in total. The molecule has 3 N–H and O–H groups in total. The Bertz CT molecular complexity index is 910. The molecule has 7 heteroatoms. The van der Waals surface area contributed by atoms with Crippen molar-refractivity contribution in [3.8, 4) is 0 Å². The fourth-order valence-electron chi connectivity index (χ4n) is 3.18. The molecule has 2 aromatic rings. The van der Waals surface area contributed by atoms with Crippen molar-refractivity contribution in [2.45, 2.75) is 64.9 Å². The van der Waals surface area contributed by atoms with Gasteiger partial charge in [0.15, 0.2) is 5.96 Å². The number of hydrogen-bond acceptors (Lipinski definition) is 3. The van der Waals surface area contributed by atoms with Crippen molar-refractivity contribution in [3.63, 3.8) is 0 Å². The number of rotatable bonds is 11. The number of guanidine groups is 1. The molecule has 0 radical (unpaired) electrons. The molecule has 1 unspecified atom stereocenters. The van der Waals surface area contributed by atoms with Crippen molar-refractivity contribution >= 4 is 16.0 Å². The van der Waals surface area contributed by atoms with Crippen LogP contribution < -0.4 is 15.4 Å². The highest BCUT2D eigenvalue weighted by Crippen LogP contribution is 2.10. The van der Waals surface area contributed by atoms with Crippen molar-refractivity contribution in [2.24, 2.45) is 4.99 Å². The molecule has 0 heterocycles. The van der Waals surface area contributed by atoms with Gasteiger partial charge in [-0.15, -0.1) is 0 Å². The second kappa shape index (κ2) is 12.5. The Morgan fingerprint density at radius 3 is 2.19 bits per heavy atom. The summed E-state index contributed by atoms with van der Waals surface area (Å²) in [6.07, 6.45) is 2.03. The highest BCUT2D eigenvalue weighted by molar-refractivity contribution is 7.88. The van der Waals surface area contributed by atoms with Gasteiger partial charge in [0.2, 0.25) is 10.0 Å². The van der Waals surface area contributed by atoms with E-state index in [1.165, 1.54) is 5.56 Å². The zero-order chi connectivity index (χ0) is 22.7. The second-order valence-corrected chi connectivity index (χ2v) is 9.87. The van der Waals surface area contributed by atoms with Gasteiger partial charge >= 0.3 is 0 Å². The van der Waals surface area contributed by atoms with E-state index in [4.69, 9.17) is 0 Å². The van der Waals surface area contributed by atoms with Crippen LogP contribution in [0.3, 0.4) is 0 Å². The van der Waals surface area contributed by atoms with E-state index in [0.717, 1.165) is 36.5 Å². The van der Waals surface area contributed by atoms with E-state index < -0.39 is 10.0 Å². The van der Waals surface area contributed by atoms with Gasteiger partial charge in [0.05, 0.1) is 12.3 Å². The van der Waals surface area contributed by atoms with E-state index >= 15 is 0 Å². The summed E-state index contributed by atoms with van der Waals surface area (Å²) in [5, 5.41) is 6.76. The minimum atomic E-state index is -3.32. The van der Waals surface area contributed by atoms with Crippen LogP contribution in [0.5, 0.6) is 0 Å². The predicted molar refractivity (Wildman–Crippen MR) is 130 cm³/mol. The van der Waals surface area contributed by atoms with Crippen LogP contribution in [-0.4, -0.2) is 33.0 Å². The first-order valence-electron chi connectivity index (χ1n) is 10.9. The molecule has 0 spiro atoms. The highest BCUT2D eigenvalue weighted by Gasteiger charge is 2.12. The SMILES string of the molecule is CCNC(=NCc1ccc(CS(=O)(=O)NC(C)C)cc1)NC(C)CCc1ccccc1. The number of aryl methyl sites for hydroxylation is 1. The van der Waals surface area contributed by atoms with Gasteiger partial charge in [-0.2, -0.15) is 0 Å². The summed E-state index contributed by atoms with van der Waals surface area (Å²) < 4.78 is 26.8. The average molecular weight is 445 g/mol. The summed E-state index contributed by atoms with van der Waals surface area (Å²) in [6, 6.07) is 18.2. The fraction of sp³-hybridized carbons (Fsp3) is 0.458. The third-order valence-electron chi connectivity index (χ3n) is 4.65. The quantitative estimate of drug-likeness (QED) is 0.365. The monoisotopic (exact) mass is 444 g/mol. The number of aliphatic imine (C=N–C) groups is 1. The summed E-state index contributed by atoms with van der Waals surface area (Å²) in [4.78, 5) is 4.69. The Kier molecular flexibility index (Phi) is 10.0. The van der Waals surface area contributed by atoms with Gasteiger partial charge < -0.3 is 10.6 Å². The molecule has 0 fully saturated rings. The van der Waals surface area contributed by atoms with Crippen molar-refractivity contribution < 1.29 is 8.42 Å². The van der Waals surface area contributed by atoms with E-state index in [2.05, 4.69) is 51.5 Å². The van der Waals surface area contributed by atoms with Crippen molar-refractivity contribution in [1.29, 1.82) is 0 Å². The standard InChI is InChI=1S/C24H36N4O2S/c1-5-25-24(27-20(4)11-12-21-9-7-6-8-10-21)26-17-22-13-15-23(16-14-22)18-31(29,30)28-19(2)3/h6-10,13-16,19-20,28H,5,11-12,17-18H2,1-4H3,(H2,25,26,27). The molecule has 0 bridgehead atoms. The number of sulfonamides is 1. The van der Waals surface area contributed by atoms with Gasteiger partial charge in [-0.05, 0) is 57.2 Å². The molecule has 0 aliphatic carbocycles. The van der Waals surface area contributed by atoms with E-state index in [0.29, 0.717) is 12.6 Å². The maximum atomic E-state index is 12.1. The summed E-state index contributed by atoms with van der Waals surface area (Å²) >= 11 is 0. The van der Waals surface area contributed by atoms with Crippen LogP contribution in [0.15, 0.2) is 59.6 Å². The van der Waals surface area contributed by atoms with E-state index in [-0.39, 0.29) is 11.8 Å². The first kappa shape index (κ1) is 24.9. The van der Waals surface area contributed by atoms with Gasteiger partial charge in [-0.3, -0.25) is 0 Å². The van der Waals surface area contributed by atoms with Crippen LogP contribution in [0.25, 0.3) is 0 Å². The minimum Gasteiger partial charge on any atom is -0.357 e. The van der Waals surface area contributed by atoms with Gasteiger partial charge in [0, 0.05) is 18.6 Å². The predicted octanol–water partition coefficient (Wildman–Crippen LogP) is 3.59. The van der Waals surface area contributed by atoms with Crippen LogP contribution in [-0.2, 0) is 28.7 Å². The van der Waals surface area contributed by atoms with Crippen LogP contribution in [0.1, 0.15) is 50.8 Å². The average Bonchev–Trinajstić information content (AvgIpc) is 2.71.